The van der Waals surface area contributed by atoms with E-state index in [1.165, 1.54) is 24.3 Å². The van der Waals surface area contributed by atoms with Gasteiger partial charge in [0.25, 0.3) is 0 Å². The van der Waals surface area contributed by atoms with Crippen LogP contribution in [0.3, 0.4) is 0 Å². The van der Waals surface area contributed by atoms with Gasteiger partial charge in [-0.05, 0) is 83.6 Å². The lowest BCUT2D eigenvalue weighted by molar-refractivity contribution is 0.304. The predicted octanol–water partition coefficient (Wildman–Crippen LogP) is 8.01. The molecule has 4 heteroatoms. The summed E-state index contributed by atoms with van der Waals surface area (Å²) in [6.07, 6.45) is 4.13. The number of rotatable bonds is 8. The van der Waals surface area contributed by atoms with Crippen LogP contribution in [0.1, 0.15) is 48.4 Å². The first-order valence-electron chi connectivity index (χ1n) is 11.9. The van der Waals surface area contributed by atoms with E-state index in [-0.39, 0.29) is 11.6 Å². The van der Waals surface area contributed by atoms with Crippen molar-refractivity contribution in [1.82, 2.24) is 0 Å². The maximum Gasteiger partial charge on any atom is 0.139 e. The number of hydrogen-bond acceptors (Lipinski definition) is 1. The van der Waals surface area contributed by atoms with Gasteiger partial charge in [-0.2, -0.15) is 0 Å². The summed E-state index contributed by atoms with van der Waals surface area (Å²) >= 11 is 0. The molecular weight excluding hydrogens is 445 g/mol. The Labute approximate surface area is 204 Å². The molecule has 0 aliphatic rings. The summed E-state index contributed by atoms with van der Waals surface area (Å²) in [5, 5.41) is 1.66. The van der Waals surface area contributed by atoms with E-state index in [9.17, 15) is 13.2 Å². The van der Waals surface area contributed by atoms with Crippen LogP contribution < -0.4 is 4.74 Å². The van der Waals surface area contributed by atoms with Gasteiger partial charge in [-0.25, -0.2) is 13.2 Å². The van der Waals surface area contributed by atoms with Crippen molar-refractivity contribution in [2.45, 2.75) is 39.0 Å². The lowest BCUT2D eigenvalue weighted by Gasteiger charge is -2.09. The first-order valence-corrected chi connectivity index (χ1v) is 11.9. The van der Waals surface area contributed by atoms with E-state index in [1.807, 2.05) is 12.1 Å². The van der Waals surface area contributed by atoms with Crippen LogP contribution >= 0.6 is 0 Å². The molecule has 35 heavy (non-hydrogen) atoms. The average molecular weight is 473 g/mol. The van der Waals surface area contributed by atoms with E-state index < -0.39 is 5.82 Å². The standard InChI is InChI=1S/C31H27F3O/c1-2-3-4-17-35-29-16-14-25(31(34)21-29)11-7-23-6-10-24(30(33)19-23)9-5-22-8-12-27-20-28(32)15-13-26(27)18-22/h6,8,10,12-16,18-21H,2-4,7,11,17H2,1H3. The lowest BCUT2D eigenvalue weighted by Crippen LogP contribution is -2.00. The molecule has 178 valence electrons. The molecule has 0 spiro atoms. The van der Waals surface area contributed by atoms with Crippen LogP contribution in [0.2, 0.25) is 0 Å². The normalized spacial score (nSPS) is 10.7. The summed E-state index contributed by atoms with van der Waals surface area (Å²) in [5.74, 6) is 5.38. The molecule has 0 atom stereocenters. The molecular formula is C31H27F3O. The summed E-state index contributed by atoms with van der Waals surface area (Å²) < 4.78 is 48.0. The molecule has 1 nitrogen and oxygen atoms in total. The zero-order chi connectivity index (χ0) is 24.6. The Morgan fingerprint density at radius 2 is 1.54 bits per heavy atom. The van der Waals surface area contributed by atoms with Crippen LogP contribution in [-0.2, 0) is 12.8 Å². The molecule has 0 fully saturated rings. The minimum atomic E-state index is -0.408. The van der Waals surface area contributed by atoms with Crippen molar-refractivity contribution in [3.63, 3.8) is 0 Å². The summed E-state index contributed by atoms with van der Waals surface area (Å²) in [4.78, 5) is 0. The van der Waals surface area contributed by atoms with Crippen molar-refractivity contribution in [1.29, 1.82) is 0 Å². The third kappa shape index (κ3) is 6.67. The Kier molecular flexibility index (Phi) is 8.11. The van der Waals surface area contributed by atoms with Crippen LogP contribution in [0.4, 0.5) is 13.2 Å². The molecule has 0 N–H and O–H groups in total. The minimum Gasteiger partial charge on any atom is -0.493 e. The molecule has 0 aliphatic heterocycles. The molecule has 0 unspecified atom stereocenters. The van der Waals surface area contributed by atoms with Crippen LogP contribution in [0, 0.1) is 29.3 Å². The monoisotopic (exact) mass is 472 g/mol. The van der Waals surface area contributed by atoms with Crippen molar-refractivity contribution in [2.24, 2.45) is 0 Å². The highest BCUT2D eigenvalue weighted by Gasteiger charge is 2.07. The first kappa shape index (κ1) is 24.4. The SMILES string of the molecule is CCCCCOc1ccc(CCc2ccc(C#Cc3ccc4cc(F)ccc4c3)c(F)c2)c(F)c1. The number of halogens is 3. The van der Waals surface area contributed by atoms with Crippen LogP contribution in [0.5, 0.6) is 5.75 Å². The van der Waals surface area contributed by atoms with Crippen LogP contribution in [0.25, 0.3) is 10.8 Å². The number of unbranched alkanes of at least 4 members (excludes halogenated alkanes) is 2. The van der Waals surface area contributed by atoms with Gasteiger partial charge in [0, 0.05) is 11.6 Å². The van der Waals surface area contributed by atoms with Crippen molar-refractivity contribution in [2.75, 3.05) is 6.61 Å². The second-order valence-electron chi connectivity index (χ2n) is 8.58. The van der Waals surface area contributed by atoms with E-state index >= 15 is 0 Å². The van der Waals surface area contributed by atoms with Gasteiger partial charge in [0.05, 0.1) is 12.2 Å². The number of ether oxygens (including phenoxy) is 1. The zero-order valence-electron chi connectivity index (χ0n) is 19.7. The summed E-state index contributed by atoms with van der Waals surface area (Å²) in [7, 11) is 0. The van der Waals surface area contributed by atoms with Gasteiger partial charge in [0.15, 0.2) is 0 Å². The quantitative estimate of drug-likeness (QED) is 0.186. The van der Waals surface area contributed by atoms with E-state index in [4.69, 9.17) is 4.74 Å². The Balaban J connectivity index is 1.38. The highest BCUT2D eigenvalue weighted by molar-refractivity contribution is 5.84. The van der Waals surface area contributed by atoms with Crippen molar-refractivity contribution >= 4 is 10.8 Å². The molecule has 0 aliphatic carbocycles. The first-order chi connectivity index (χ1) is 17.0. The molecule has 4 rings (SSSR count). The Morgan fingerprint density at radius 1 is 0.714 bits per heavy atom. The second-order valence-corrected chi connectivity index (χ2v) is 8.58. The topological polar surface area (TPSA) is 9.23 Å². The third-order valence-electron chi connectivity index (χ3n) is 5.90. The minimum absolute atomic E-state index is 0.287. The summed E-state index contributed by atoms with van der Waals surface area (Å²) in [6.45, 7) is 2.71. The lowest BCUT2D eigenvalue weighted by atomic mass is 10.0. The van der Waals surface area contributed by atoms with Gasteiger partial charge >= 0.3 is 0 Å². The number of aryl methyl sites for hydroxylation is 2. The maximum atomic E-state index is 14.6. The maximum absolute atomic E-state index is 14.6. The van der Waals surface area contributed by atoms with Crippen molar-refractivity contribution < 1.29 is 17.9 Å². The Hall–Kier alpha value is -3.71. The Bertz CT molecular complexity index is 1380. The fourth-order valence-electron chi connectivity index (χ4n) is 3.89. The Morgan fingerprint density at radius 3 is 2.34 bits per heavy atom. The van der Waals surface area contributed by atoms with Gasteiger partial charge in [0.1, 0.15) is 23.2 Å². The average Bonchev–Trinajstić information content (AvgIpc) is 2.85. The fraction of sp³-hybridized carbons (Fsp3) is 0.226. The number of hydrogen-bond donors (Lipinski definition) is 0. The molecule has 0 amide bonds. The molecule has 0 saturated heterocycles. The van der Waals surface area contributed by atoms with Crippen LogP contribution in [-0.4, -0.2) is 6.61 Å². The second kappa shape index (κ2) is 11.6. The fourth-order valence-corrected chi connectivity index (χ4v) is 3.89. The number of fused-ring (bicyclic) bond motifs is 1. The number of benzene rings is 4. The van der Waals surface area contributed by atoms with Crippen LogP contribution in [0.15, 0.2) is 72.8 Å². The smallest absolute Gasteiger partial charge is 0.139 e. The van der Waals surface area contributed by atoms with Crippen molar-refractivity contribution in [3.8, 4) is 17.6 Å². The molecule has 4 aromatic rings. The summed E-state index contributed by atoms with van der Waals surface area (Å²) in [5.41, 5.74) is 2.37. The summed E-state index contributed by atoms with van der Waals surface area (Å²) in [6, 6.07) is 19.9. The molecule has 0 saturated carbocycles. The van der Waals surface area contributed by atoms with Gasteiger partial charge < -0.3 is 4.74 Å². The highest BCUT2D eigenvalue weighted by atomic mass is 19.1. The predicted molar refractivity (Wildman–Crippen MR) is 135 cm³/mol. The van der Waals surface area contributed by atoms with E-state index in [0.717, 1.165) is 41.2 Å². The van der Waals surface area contributed by atoms with Gasteiger partial charge in [0.2, 0.25) is 0 Å². The van der Waals surface area contributed by atoms with E-state index in [2.05, 4.69) is 18.8 Å². The van der Waals surface area contributed by atoms with Crippen molar-refractivity contribution in [3.05, 3.63) is 113 Å². The molecule has 4 aromatic carbocycles. The largest absolute Gasteiger partial charge is 0.493 e. The van der Waals surface area contributed by atoms with Gasteiger partial charge in [-0.3, -0.25) is 0 Å². The molecule has 0 radical (unpaired) electrons. The molecule has 0 bridgehead atoms. The van der Waals surface area contributed by atoms with Gasteiger partial charge in [-0.15, -0.1) is 0 Å². The molecule has 0 aromatic heterocycles. The molecule has 0 heterocycles. The third-order valence-corrected chi connectivity index (χ3v) is 5.90. The van der Waals surface area contributed by atoms with E-state index in [0.29, 0.717) is 36.3 Å². The van der Waals surface area contributed by atoms with Gasteiger partial charge in [-0.1, -0.05) is 55.9 Å². The van der Waals surface area contributed by atoms with E-state index in [1.54, 1.807) is 36.4 Å². The highest BCUT2D eigenvalue weighted by Crippen LogP contribution is 2.20. The zero-order valence-corrected chi connectivity index (χ0v) is 19.7.